The Morgan fingerprint density at radius 2 is 1.37 bits per heavy atom. The number of rotatable bonds is 6. The van der Waals surface area contributed by atoms with Gasteiger partial charge in [-0.15, -0.1) is 0 Å². The van der Waals surface area contributed by atoms with Crippen molar-refractivity contribution in [3.05, 3.63) is 47.0 Å². The molecule has 0 aromatic heterocycles. The van der Waals surface area contributed by atoms with Crippen LogP contribution in [0.4, 0.5) is 22.0 Å². The Hall–Kier alpha value is -1.39. The fraction of sp³-hybridized carbons (Fsp3) is 0.680. The van der Waals surface area contributed by atoms with Gasteiger partial charge in [-0.1, -0.05) is 31.9 Å². The van der Waals surface area contributed by atoms with Gasteiger partial charge in [0, 0.05) is 0 Å². The molecule has 0 heterocycles. The number of allylic oxidation sites excluding steroid dienone is 2. The lowest BCUT2D eigenvalue weighted by Gasteiger charge is -2.38. The quantitative estimate of drug-likeness (QED) is 0.314. The molecule has 0 saturated heterocycles. The lowest BCUT2D eigenvalue weighted by Crippen LogP contribution is -2.25. The minimum absolute atomic E-state index is 0.0470. The second-order valence-electron chi connectivity index (χ2n) is 9.21. The Morgan fingerprint density at radius 1 is 0.833 bits per heavy atom. The average Bonchev–Trinajstić information content (AvgIpc) is 2.70. The average molecular weight is 429 g/mol. The Bertz CT molecular complexity index is 682. The summed E-state index contributed by atoms with van der Waals surface area (Å²) < 4.78 is 66.2. The van der Waals surface area contributed by atoms with Gasteiger partial charge in [-0.2, -0.15) is 13.2 Å². The molecule has 5 heteroatoms. The van der Waals surface area contributed by atoms with Crippen LogP contribution in [0.2, 0.25) is 0 Å². The van der Waals surface area contributed by atoms with Crippen LogP contribution in [-0.4, -0.2) is 0 Å². The van der Waals surface area contributed by atoms with Crippen LogP contribution in [0.1, 0.15) is 94.6 Å². The maximum atomic E-state index is 13.9. The molecule has 2 aliphatic rings. The van der Waals surface area contributed by atoms with Crippen LogP contribution >= 0.6 is 0 Å². The van der Waals surface area contributed by atoms with Gasteiger partial charge in [0.1, 0.15) is 17.2 Å². The predicted molar refractivity (Wildman–Crippen MR) is 110 cm³/mol. The maximum absolute atomic E-state index is 13.9. The van der Waals surface area contributed by atoms with Crippen molar-refractivity contribution in [1.82, 2.24) is 0 Å². The fourth-order valence-electron chi connectivity index (χ4n) is 5.59. The first-order valence-corrected chi connectivity index (χ1v) is 11.5. The third-order valence-corrected chi connectivity index (χ3v) is 7.29. The Kier molecular flexibility index (Phi) is 7.98. The van der Waals surface area contributed by atoms with Gasteiger partial charge in [-0.05, 0) is 99.2 Å². The standard InChI is InChI=1S/C25H33F5/c1-2-3-4-5-6-17-7-9-18(10-8-17)19-11-13-20(14-12-19)21-15-22(26)24(23(27)16-21)25(28,29)30/h3-4,15-20H,2,5-14H2,1H3. The summed E-state index contributed by atoms with van der Waals surface area (Å²) in [5.74, 6) is -0.828. The molecule has 0 aliphatic heterocycles. The minimum Gasteiger partial charge on any atom is -0.206 e. The van der Waals surface area contributed by atoms with Crippen LogP contribution in [0.25, 0.3) is 0 Å². The van der Waals surface area contributed by atoms with E-state index in [-0.39, 0.29) is 5.92 Å². The maximum Gasteiger partial charge on any atom is 0.422 e. The number of hydrogen-bond acceptors (Lipinski definition) is 0. The molecule has 0 amide bonds. The van der Waals surface area contributed by atoms with Crippen molar-refractivity contribution in [1.29, 1.82) is 0 Å². The van der Waals surface area contributed by atoms with E-state index in [1.165, 1.54) is 38.5 Å². The van der Waals surface area contributed by atoms with Crippen molar-refractivity contribution < 1.29 is 22.0 Å². The van der Waals surface area contributed by atoms with Crippen LogP contribution in [0.15, 0.2) is 24.3 Å². The normalized spacial score (nSPS) is 28.2. The highest BCUT2D eigenvalue weighted by atomic mass is 19.4. The SMILES string of the molecule is CCC=CCCC1CCC(C2CCC(c3cc(F)c(C(F)(F)F)c(F)c3)CC2)CC1. The largest absolute Gasteiger partial charge is 0.422 e. The van der Waals surface area contributed by atoms with Gasteiger partial charge in [0.25, 0.3) is 0 Å². The molecule has 2 saturated carbocycles. The smallest absolute Gasteiger partial charge is 0.206 e. The number of hydrogen-bond donors (Lipinski definition) is 0. The predicted octanol–water partition coefficient (Wildman–Crippen LogP) is 8.81. The van der Waals surface area contributed by atoms with E-state index in [4.69, 9.17) is 0 Å². The van der Waals surface area contributed by atoms with Crippen LogP contribution < -0.4 is 0 Å². The molecule has 168 valence electrons. The van der Waals surface area contributed by atoms with Crippen molar-refractivity contribution in [2.24, 2.45) is 17.8 Å². The van der Waals surface area contributed by atoms with Gasteiger partial charge in [0.2, 0.25) is 0 Å². The molecule has 0 atom stereocenters. The molecule has 2 aliphatic carbocycles. The van der Waals surface area contributed by atoms with E-state index >= 15 is 0 Å². The minimum atomic E-state index is -5.00. The van der Waals surface area contributed by atoms with Gasteiger partial charge in [-0.3, -0.25) is 0 Å². The second-order valence-corrected chi connectivity index (χ2v) is 9.21. The first-order chi connectivity index (χ1) is 14.3. The number of halogens is 5. The van der Waals surface area contributed by atoms with Crippen molar-refractivity contribution in [3.63, 3.8) is 0 Å². The van der Waals surface area contributed by atoms with Crippen LogP contribution in [-0.2, 0) is 6.18 Å². The van der Waals surface area contributed by atoms with Crippen molar-refractivity contribution in [3.8, 4) is 0 Å². The van der Waals surface area contributed by atoms with E-state index in [2.05, 4.69) is 19.1 Å². The molecular formula is C25H33F5. The van der Waals surface area contributed by atoms with Gasteiger partial charge in [0.05, 0.1) is 0 Å². The molecule has 0 radical (unpaired) electrons. The Morgan fingerprint density at radius 3 is 1.87 bits per heavy atom. The lowest BCUT2D eigenvalue weighted by atomic mass is 9.68. The van der Waals surface area contributed by atoms with E-state index in [1.54, 1.807) is 0 Å². The molecular weight excluding hydrogens is 395 g/mol. The monoisotopic (exact) mass is 428 g/mol. The molecule has 30 heavy (non-hydrogen) atoms. The Labute approximate surface area is 176 Å². The number of alkyl halides is 3. The van der Waals surface area contributed by atoms with Crippen molar-refractivity contribution in [2.75, 3.05) is 0 Å². The summed E-state index contributed by atoms with van der Waals surface area (Å²) >= 11 is 0. The van der Waals surface area contributed by atoms with E-state index in [0.29, 0.717) is 11.5 Å². The zero-order valence-corrected chi connectivity index (χ0v) is 17.8. The highest BCUT2D eigenvalue weighted by Crippen LogP contribution is 2.45. The van der Waals surface area contributed by atoms with Crippen LogP contribution in [0.5, 0.6) is 0 Å². The number of benzene rings is 1. The van der Waals surface area contributed by atoms with Gasteiger partial charge < -0.3 is 0 Å². The fourth-order valence-corrected chi connectivity index (χ4v) is 5.59. The highest BCUT2D eigenvalue weighted by Gasteiger charge is 2.39. The molecule has 2 fully saturated rings. The second kappa shape index (κ2) is 10.3. The van der Waals surface area contributed by atoms with E-state index in [0.717, 1.165) is 56.1 Å². The van der Waals surface area contributed by atoms with Gasteiger partial charge >= 0.3 is 6.18 Å². The molecule has 0 spiro atoms. The zero-order chi connectivity index (χ0) is 21.7. The Balaban J connectivity index is 1.49. The summed E-state index contributed by atoms with van der Waals surface area (Å²) in [7, 11) is 0. The summed E-state index contributed by atoms with van der Waals surface area (Å²) in [5.41, 5.74) is -1.40. The summed E-state index contributed by atoms with van der Waals surface area (Å²) in [6.45, 7) is 2.15. The highest BCUT2D eigenvalue weighted by molar-refractivity contribution is 5.30. The van der Waals surface area contributed by atoms with Crippen LogP contribution in [0, 0.1) is 29.4 Å². The summed E-state index contributed by atoms with van der Waals surface area (Å²) in [6.07, 6.45) is 11.8. The van der Waals surface area contributed by atoms with E-state index in [9.17, 15) is 22.0 Å². The van der Waals surface area contributed by atoms with Gasteiger partial charge in [-0.25, -0.2) is 8.78 Å². The molecule has 1 aromatic rings. The lowest BCUT2D eigenvalue weighted by molar-refractivity contribution is -0.142. The topological polar surface area (TPSA) is 0 Å². The summed E-state index contributed by atoms with van der Waals surface area (Å²) in [6, 6.07) is 1.80. The molecule has 0 bridgehead atoms. The van der Waals surface area contributed by atoms with E-state index in [1.807, 2.05) is 0 Å². The molecule has 1 aromatic carbocycles. The van der Waals surface area contributed by atoms with E-state index < -0.39 is 23.4 Å². The molecule has 0 unspecified atom stereocenters. The third-order valence-electron chi connectivity index (χ3n) is 7.29. The summed E-state index contributed by atoms with van der Waals surface area (Å²) in [5, 5.41) is 0. The van der Waals surface area contributed by atoms with Crippen molar-refractivity contribution in [2.45, 2.75) is 89.6 Å². The summed E-state index contributed by atoms with van der Waals surface area (Å²) in [4.78, 5) is 0. The van der Waals surface area contributed by atoms with Gasteiger partial charge in [0.15, 0.2) is 0 Å². The third kappa shape index (κ3) is 5.85. The first-order valence-electron chi connectivity index (χ1n) is 11.5. The van der Waals surface area contributed by atoms with Crippen LogP contribution in [0.3, 0.4) is 0 Å². The molecule has 0 nitrogen and oxygen atoms in total. The molecule has 0 N–H and O–H groups in total. The first kappa shape index (κ1) is 23.3. The molecule has 3 rings (SSSR count). The van der Waals surface area contributed by atoms with Crippen molar-refractivity contribution >= 4 is 0 Å². The zero-order valence-electron chi connectivity index (χ0n) is 17.8.